The van der Waals surface area contributed by atoms with Crippen LogP contribution in [-0.4, -0.2) is 145 Å². The fourth-order valence-corrected chi connectivity index (χ4v) is 13.4. The maximum atomic E-state index is 13.0. The number of piperidine rings is 1. The first kappa shape index (κ1) is 70.1. The van der Waals surface area contributed by atoms with E-state index in [4.69, 9.17) is 9.47 Å². The minimum absolute atomic E-state index is 0.0219. The van der Waals surface area contributed by atoms with Crippen LogP contribution in [0.5, 0.6) is 11.6 Å². The third kappa shape index (κ3) is 15.4. The predicted molar refractivity (Wildman–Crippen MR) is 430 cm³/mol. The Labute approximate surface area is 629 Å². The molecule has 546 valence electrons. The van der Waals surface area contributed by atoms with Gasteiger partial charge in [0.15, 0.2) is 23.3 Å². The summed E-state index contributed by atoms with van der Waals surface area (Å²) in [5, 5.41) is 52.8. The number of anilines is 8. The van der Waals surface area contributed by atoms with Crippen LogP contribution in [0, 0.1) is 6.92 Å². The number of hydrogen-bond donors (Lipinski definition) is 9. The van der Waals surface area contributed by atoms with Crippen molar-refractivity contribution >= 4 is 151 Å². The average Bonchev–Trinajstić information content (AvgIpc) is 1.27. The Kier molecular flexibility index (Phi) is 20.3. The zero-order chi connectivity index (χ0) is 74.9. The number of pyridine rings is 6. The van der Waals surface area contributed by atoms with E-state index in [0.717, 1.165) is 166 Å². The van der Waals surface area contributed by atoms with Crippen LogP contribution in [-0.2, 0) is 4.74 Å². The zero-order valence-corrected chi connectivity index (χ0v) is 60.3. The van der Waals surface area contributed by atoms with Crippen molar-refractivity contribution in [1.82, 2.24) is 85.8 Å². The number of carbonyl (C=O) groups excluding carboxylic acids is 3. The molecule has 0 unspecified atom stereocenters. The van der Waals surface area contributed by atoms with Gasteiger partial charge in [0.05, 0.1) is 28.7 Å². The number of nitrogens with zero attached hydrogens (tertiary/aromatic N) is 12. The van der Waals surface area contributed by atoms with Crippen molar-refractivity contribution < 1.29 is 23.9 Å². The highest BCUT2D eigenvalue weighted by Crippen LogP contribution is 2.36. The van der Waals surface area contributed by atoms with Gasteiger partial charge in [-0.15, -0.1) is 0 Å². The second-order valence-electron chi connectivity index (χ2n) is 26.6. The van der Waals surface area contributed by atoms with Gasteiger partial charge >= 0.3 is 0 Å². The third-order valence-corrected chi connectivity index (χ3v) is 19.2. The average molecular weight is 1460 g/mol. The van der Waals surface area contributed by atoms with E-state index in [9.17, 15) is 14.4 Å². The smallest absolute Gasteiger partial charge is 0.273 e. The molecule has 2 fully saturated rings. The standard InChI is InChI=1S/C22H17N5O.C22H21N5O.C20H18N6O.C20H19N5O2/c1-14-5-2-3-7-19(14)28-22-17-9-8-16(13-15(17)10-12-24-22)25-21-20-18(26-27-21)6-4-11-23-20;28-22(27-12-2-1-3-13-27)18-7-4-6-15-14-16(9-10-17(15)18)24-21-20-19(25-26-21)8-5-11-23-20;1-26(14-5-6-14)20(27)17-15-7-4-13(11-12(15)8-10-22-17)23-19-18-16(24-25-19)3-2-9-21-18;1-27-11-10-22-20(26)16-5-2-4-13-12-14(7-8-15(13)16)23-19-18-17(24-25-19)6-3-9-21-18/h2-13H,1H3,(H2,25,26,27);4-11,14H,1-3,12-13H2,(H2,24,25,26);2-4,7-11,14H,5-6H2,1H3,(H2,23,24,25);2-9,12H,10-11H2,1H3,(H,22,26)(H2,23,24,25). The van der Waals surface area contributed by atoms with Crippen molar-refractivity contribution in [2.24, 2.45) is 0 Å². The van der Waals surface area contributed by atoms with Gasteiger partial charge in [-0.1, -0.05) is 54.6 Å². The number of para-hydroxylation sites is 1. The highest BCUT2D eigenvalue weighted by molar-refractivity contribution is 6.10. The second kappa shape index (κ2) is 31.8. The Morgan fingerprint density at radius 2 is 0.909 bits per heavy atom. The minimum atomic E-state index is -0.110. The summed E-state index contributed by atoms with van der Waals surface area (Å²) in [7, 11) is 3.46. The van der Waals surface area contributed by atoms with Gasteiger partial charge in [-0.2, -0.15) is 20.4 Å². The van der Waals surface area contributed by atoms with Gasteiger partial charge in [-0.05, 0) is 216 Å². The summed E-state index contributed by atoms with van der Waals surface area (Å²) < 4.78 is 11.0. The van der Waals surface area contributed by atoms with Gasteiger partial charge in [-0.25, -0.2) is 4.98 Å². The van der Waals surface area contributed by atoms with Crippen molar-refractivity contribution in [3.05, 3.63) is 254 Å². The molecule has 0 atom stereocenters. The van der Waals surface area contributed by atoms with Gasteiger partial charge in [0.2, 0.25) is 5.88 Å². The Balaban J connectivity index is 0.000000111. The van der Waals surface area contributed by atoms with Crippen molar-refractivity contribution in [2.45, 2.75) is 45.1 Å². The maximum absolute atomic E-state index is 13.0. The van der Waals surface area contributed by atoms with Crippen molar-refractivity contribution in [3.8, 4) is 11.6 Å². The Morgan fingerprint density at radius 3 is 1.40 bits per heavy atom. The van der Waals surface area contributed by atoms with E-state index in [0.29, 0.717) is 59.6 Å². The molecule has 0 bridgehead atoms. The number of aryl methyl sites for hydroxylation is 1. The lowest BCUT2D eigenvalue weighted by atomic mass is 10.0. The summed E-state index contributed by atoms with van der Waals surface area (Å²) in [5.74, 6) is 4.11. The van der Waals surface area contributed by atoms with E-state index in [-0.39, 0.29) is 17.7 Å². The normalized spacial score (nSPS) is 12.6. The van der Waals surface area contributed by atoms with Gasteiger partial charge in [0.1, 0.15) is 33.5 Å². The number of hydrogen-bond acceptors (Lipinski definition) is 19. The van der Waals surface area contributed by atoms with E-state index < -0.39 is 0 Å². The lowest BCUT2D eigenvalue weighted by molar-refractivity contribution is 0.0725. The first-order chi connectivity index (χ1) is 54.0. The van der Waals surface area contributed by atoms with Crippen LogP contribution in [0.25, 0.3) is 87.2 Å². The second-order valence-corrected chi connectivity index (χ2v) is 26.6. The zero-order valence-electron chi connectivity index (χ0n) is 60.3. The molecule has 1 saturated heterocycles. The van der Waals surface area contributed by atoms with Gasteiger partial charge < -0.3 is 45.9 Å². The molecule has 2 aliphatic rings. The number of aromatic amines is 4. The maximum Gasteiger partial charge on any atom is 0.273 e. The number of H-pyrrole nitrogens is 4. The third-order valence-electron chi connectivity index (χ3n) is 19.2. The molecule has 0 radical (unpaired) electrons. The lowest BCUT2D eigenvalue weighted by Crippen LogP contribution is -2.35. The number of aromatic nitrogens is 14. The number of ether oxygens (including phenoxy) is 2. The molecule has 1 aliphatic heterocycles. The molecule has 26 nitrogen and oxygen atoms in total. The largest absolute Gasteiger partial charge is 0.438 e. The number of rotatable bonds is 17. The minimum Gasteiger partial charge on any atom is -0.438 e. The SMILES string of the molecule is CN(C(=O)c1nccc2cc(Nc3n[nH]c4cccnc34)ccc12)C1CC1.COCCNC(=O)c1cccc2cc(Nc3n[nH]c4cccnc34)ccc12.Cc1ccccc1Oc1nccc2cc(Nc3n[nH]c4cccnc34)ccc12.O=C(c1cccc2cc(Nc3n[nH]c4cccnc34)ccc12)N1CCCCC1. The topological polar surface area (TPSA) is 328 Å². The molecule has 10 aromatic heterocycles. The molecule has 17 aromatic rings. The Bertz CT molecular complexity index is 6220. The van der Waals surface area contributed by atoms with Crippen LogP contribution in [0.4, 0.5) is 46.0 Å². The van der Waals surface area contributed by atoms with Gasteiger partial charge in [0, 0.05) is 122 Å². The van der Waals surface area contributed by atoms with Crippen LogP contribution in [0.1, 0.15) is 68.9 Å². The van der Waals surface area contributed by atoms with Crippen LogP contribution >= 0.6 is 0 Å². The van der Waals surface area contributed by atoms with E-state index in [1.165, 1.54) is 6.42 Å². The summed E-state index contributed by atoms with van der Waals surface area (Å²) in [5.41, 5.74) is 13.3. The predicted octanol–water partition coefficient (Wildman–Crippen LogP) is 16.5. The first-order valence-electron chi connectivity index (χ1n) is 36.2. The molecule has 0 spiro atoms. The number of amides is 3. The lowest BCUT2D eigenvalue weighted by Gasteiger charge is -2.27. The Hall–Kier alpha value is -14.3. The van der Waals surface area contributed by atoms with Crippen molar-refractivity contribution in [3.63, 3.8) is 0 Å². The first-order valence-corrected chi connectivity index (χ1v) is 36.2. The van der Waals surface area contributed by atoms with E-state index in [1.807, 2.05) is 213 Å². The molecular formula is C84H75N21O5. The molecular weight excluding hydrogens is 1380 g/mol. The molecule has 9 N–H and O–H groups in total. The van der Waals surface area contributed by atoms with E-state index in [2.05, 4.69) is 97.3 Å². The summed E-state index contributed by atoms with van der Waals surface area (Å²) in [6.45, 7) is 4.69. The molecule has 3 amide bonds. The summed E-state index contributed by atoms with van der Waals surface area (Å²) in [6, 6.07) is 62.8. The number of fused-ring (bicyclic) bond motifs is 8. The monoisotopic (exact) mass is 1460 g/mol. The Morgan fingerprint density at radius 1 is 0.464 bits per heavy atom. The summed E-state index contributed by atoms with van der Waals surface area (Å²) in [4.78, 5) is 68.2. The van der Waals surface area contributed by atoms with Crippen LogP contribution in [0.3, 0.4) is 0 Å². The number of benzene rings is 7. The highest BCUT2D eigenvalue weighted by Gasteiger charge is 2.31. The van der Waals surface area contributed by atoms with E-state index in [1.54, 1.807) is 49.2 Å². The summed E-state index contributed by atoms with van der Waals surface area (Å²) >= 11 is 0. The fraction of sp³-hybridized carbons (Fsp3) is 0.155. The van der Waals surface area contributed by atoms with Crippen LogP contribution in [0.15, 0.2) is 231 Å². The number of likely N-dealkylation sites (tertiary alicyclic amines) is 1. The number of carbonyl (C=O) groups is 3. The molecule has 19 rings (SSSR count). The van der Waals surface area contributed by atoms with Crippen LogP contribution < -0.4 is 31.3 Å². The number of nitrogens with one attached hydrogen (secondary N) is 9. The van der Waals surface area contributed by atoms with Crippen LogP contribution in [0.2, 0.25) is 0 Å². The molecule has 26 heteroatoms. The quantitative estimate of drug-likeness (QED) is 0.0382. The fourth-order valence-electron chi connectivity index (χ4n) is 13.4. The molecule has 11 heterocycles. The molecule has 1 aliphatic carbocycles. The van der Waals surface area contributed by atoms with Gasteiger partial charge in [0.25, 0.3) is 17.7 Å². The molecule has 110 heavy (non-hydrogen) atoms. The van der Waals surface area contributed by atoms with Crippen molar-refractivity contribution in [2.75, 3.05) is 61.7 Å². The van der Waals surface area contributed by atoms with Gasteiger partial charge in [-0.3, -0.25) is 59.7 Å². The van der Waals surface area contributed by atoms with E-state index >= 15 is 0 Å². The molecule has 7 aromatic carbocycles. The van der Waals surface area contributed by atoms with Crippen molar-refractivity contribution in [1.29, 1.82) is 0 Å². The number of methoxy groups -OCH3 is 1. The molecule has 1 saturated carbocycles. The summed E-state index contributed by atoms with van der Waals surface area (Å²) in [6.07, 6.45) is 16.0. The highest BCUT2D eigenvalue weighted by atomic mass is 16.5.